The third kappa shape index (κ3) is 11.9. The Morgan fingerprint density at radius 2 is 1.88 bits per heavy atom. The van der Waals surface area contributed by atoms with Crippen LogP contribution in [0.25, 0.3) is 0 Å². The van der Waals surface area contributed by atoms with Crippen molar-refractivity contribution in [2.75, 3.05) is 0 Å². The Morgan fingerprint density at radius 3 is 2.56 bits per heavy atom. The highest BCUT2D eigenvalue weighted by Gasteiger charge is 2.11. The molecule has 5 heteroatoms. The molecule has 0 aliphatic rings. The molecule has 1 aromatic heterocycles. The van der Waals surface area contributed by atoms with Gasteiger partial charge >= 0.3 is 0 Å². The lowest BCUT2D eigenvalue weighted by atomic mass is 10.0. The predicted octanol–water partition coefficient (Wildman–Crippen LogP) is 5.89. The number of furan rings is 1. The van der Waals surface area contributed by atoms with E-state index in [0.717, 1.165) is 31.4 Å². The first-order chi connectivity index (χ1) is 12.3. The summed E-state index contributed by atoms with van der Waals surface area (Å²) in [7, 11) is 0. The lowest BCUT2D eigenvalue weighted by Gasteiger charge is -2.14. The van der Waals surface area contributed by atoms with E-state index in [2.05, 4.69) is 6.92 Å². The molecular formula is C20H32O4S. The van der Waals surface area contributed by atoms with Crippen molar-refractivity contribution in [3.8, 4) is 0 Å². The van der Waals surface area contributed by atoms with Crippen LogP contribution in [0.3, 0.4) is 0 Å². The number of carbonyl (C=O) groups excluding carboxylic acids is 2. The zero-order chi connectivity index (χ0) is 18.2. The maximum Gasteiger partial charge on any atom is 0.293 e. The fourth-order valence-corrected chi connectivity index (χ4v) is 3.54. The van der Waals surface area contributed by atoms with Crippen molar-refractivity contribution in [2.45, 2.75) is 89.4 Å². The molecule has 0 radical (unpaired) electrons. The highest BCUT2D eigenvalue weighted by Crippen LogP contribution is 2.19. The number of unbranched alkanes of at least 4 members (excludes halogenated alkanes) is 6. The summed E-state index contributed by atoms with van der Waals surface area (Å²) in [6.07, 6.45) is 13.3. The molecular weight excluding hydrogens is 336 g/mol. The van der Waals surface area contributed by atoms with Gasteiger partial charge in [-0.15, -0.1) is 0 Å². The van der Waals surface area contributed by atoms with Crippen molar-refractivity contribution in [3.63, 3.8) is 0 Å². The average molecular weight is 369 g/mol. The van der Waals surface area contributed by atoms with Crippen LogP contribution in [-0.2, 0) is 20.1 Å². The molecule has 0 aromatic carbocycles. The first-order valence-electron chi connectivity index (χ1n) is 9.53. The molecule has 0 aliphatic heterocycles. The van der Waals surface area contributed by atoms with E-state index in [1.54, 1.807) is 6.26 Å². The number of hydrogen-bond donors (Lipinski definition) is 0. The smallest absolute Gasteiger partial charge is 0.293 e. The van der Waals surface area contributed by atoms with E-state index in [0.29, 0.717) is 18.6 Å². The summed E-state index contributed by atoms with van der Waals surface area (Å²) < 4.78 is 10.4. The molecule has 0 amide bonds. The normalized spacial score (nSPS) is 12.0. The maximum absolute atomic E-state index is 11.9. The number of ether oxygens (including phenoxy) is 1. The third-order valence-corrected chi connectivity index (χ3v) is 5.20. The Balaban J connectivity index is 2.06. The monoisotopic (exact) mass is 368 g/mol. The topological polar surface area (TPSA) is 56.5 Å². The van der Waals surface area contributed by atoms with Crippen LogP contribution in [-0.4, -0.2) is 17.7 Å². The third-order valence-electron chi connectivity index (χ3n) is 4.24. The number of carbonyl (C=O) groups is 2. The van der Waals surface area contributed by atoms with Crippen molar-refractivity contribution in [3.05, 3.63) is 24.2 Å². The number of hydrogen-bond acceptors (Lipinski definition) is 5. The summed E-state index contributed by atoms with van der Waals surface area (Å²) in [4.78, 5) is 22.5. The van der Waals surface area contributed by atoms with Gasteiger partial charge < -0.3 is 9.15 Å². The van der Waals surface area contributed by atoms with Gasteiger partial charge in [-0.3, -0.25) is 9.59 Å². The molecule has 0 fully saturated rings. The quantitative estimate of drug-likeness (QED) is 0.269. The Bertz CT molecular complexity index is 445. The zero-order valence-corrected chi connectivity index (χ0v) is 16.2. The van der Waals surface area contributed by atoms with Gasteiger partial charge in [0.1, 0.15) is 11.9 Å². The van der Waals surface area contributed by atoms with Gasteiger partial charge in [0.25, 0.3) is 6.47 Å². The molecule has 4 nitrogen and oxygen atoms in total. The minimum Gasteiger partial charge on any atom is -0.468 e. The van der Waals surface area contributed by atoms with Gasteiger partial charge in [0.15, 0.2) is 5.12 Å². The molecule has 1 rings (SSSR count). The first kappa shape index (κ1) is 21.8. The molecule has 0 N–H and O–H groups in total. The molecule has 0 aliphatic carbocycles. The van der Waals surface area contributed by atoms with E-state index in [-0.39, 0.29) is 11.2 Å². The van der Waals surface area contributed by atoms with Gasteiger partial charge in [-0.05, 0) is 37.8 Å². The number of rotatable bonds is 16. The van der Waals surface area contributed by atoms with E-state index in [1.807, 2.05) is 12.1 Å². The molecule has 0 saturated heterocycles. The van der Waals surface area contributed by atoms with Crippen LogP contribution in [0.4, 0.5) is 0 Å². The summed E-state index contributed by atoms with van der Waals surface area (Å²) in [5.74, 6) is 1.40. The molecule has 1 heterocycles. The lowest BCUT2D eigenvalue weighted by molar-refractivity contribution is -0.134. The Kier molecular flexibility index (Phi) is 13.1. The van der Waals surface area contributed by atoms with Crippen molar-refractivity contribution >= 4 is 23.3 Å². The lowest BCUT2D eigenvalue weighted by Crippen LogP contribution is -2.12. The standard InChI is InChI=1S/C20H32O4S/c1-2-3-4-5-6-7-8-11-18(24-17-21)12-9-14-20(22)25-16-19-13-10-15-23-19/h10,13,15,17-18H,2-9,11-12,14,16H2,1H3. The van der Waals surface area contributed by atoms with Crippen molar-refractivity contribution in [2.24, 2.45) is 0 Å². The molecule has 142 valence electrons. The van der Waals surface area contributed by atoms with Crippen molar-refractivity contribution in [1.82, 2.24) is 0 Å². The van der Waals surface area contributed by atoms with Crippen LogP contribution >= 0.6 is 11.8 Å². The van der Waals surface area contributed by atoms with Crippen molar-refractivity contribution in [1.29, 1.82) is 0 Å². The Hall–Kier alpha value is -1.23. The van der Waals surface area contributed by atoms with E-state index in [4.69, 9.17) is 9.15 Å². The van der Waals surface area contributed by atoms with E-state index >= 15 is 0 Å². The van der Waals surface area contributed by atoms with Crippen LogP contribution in [0, 0.1) is 0 Å². The largest absolute Gasteiger partial charge is 0.468 e. The van der Waals surface area contributed by atoms with Crippen LogP contribution in [0.1, 0.15) is 83.3 Å². The number of thioether (sulfide) groups is 1. The summed E-state index contributed by atoms with van der Waals surface area (Å²) in [6.45, 7) is 2.76. The molecule has 0 bridgehead atoms. The maximum atomic E-state index is 11.9. The fourth-order valence-electron chi connectivity index (χ4n) is 2.78. The highest BCUT2D eigenvalue weighted by molar-refractivity contribution is 8.12. The fraction of sp³-hybridized carbons (Fsp3) is 0.700. The molecule has 1 aromatic rings. The molecule has 0 saturated carbocycles. The SMILES string of the molecule is CCCCCCCCCC(CCCC(=O)SCc1ccco1)OC=O. The first-order valence-corrected chi connectivity index (χ1v) is 10.5. The minimum atomic E-state index is -0.0454. The van der Waals surface area contributed by atoms with Gasteiger partial charge in [0, 0.05) is 6.42 Å². The Morgan fingerprint density at radius 1 is 1.16 bits per heavy atom. The van der Waals surface area contributed by atoms with Crippen LogP contribution < -0.4 is 0 Å². The van der Waals surface area contributed by atoms with Crippen LogP contribution in [0.5, 0.6) is 0 Å². The van der Waals surface area contributed by atoms with E-state index < -0.39 is 0 Å². The second-order valence-electron chi connectivity index (χ2n) is 6.40. The van der Waals surface area contributed by atoms with Crippen LogP contribution in [0.15, 0.2) is 22.8 Å². The highest BCUT2D eigenvalue weighted by atomic mass is 32.2. The molecule has 25 heavy (non-hydrogen) atoms. The van der Waals surface area contributed by atoms with Crippen LogP contribution in [0.2, 0.25) is 0 Å². The van der Waals surface area contributed by atoms with Gasteiger partial charge in [-0.25, -0.2) is 0 Å². The van der Waals surface area contributed by atoms with Gasteiger partial charge in [0.2, 0.25) is 0 Å². The summed E-state index contributed by atoms with van der Waals surface area (Å²) in [5.41, 5.74) is 0. The van der Waals surface area contributed by atoms with Gasteiger partial charge in [0.05, 0.1) is 12.0 Å². The summed E-state index contributed by atoms with van der Waals surface area (Å²) in [6, 6.07) is 3.70. The van der Waals surface area contributed by atoms with Gasteiger partial charge in [-0.2, -0.15) is 0 Å². The minimum absolute atomic E-state index is 0.0454. The van der Waals surface area contributed by atoms with E-state index in [9.17, 15) is 9.59 Å². The average Bonchev–Trinajstić information content (AvgIpc) is 3.12. The second kappa shape index (κ2) is 15.1. The van der Waals surface area contributed by atoms with Crippen molar-refractivity contribution < 1.29 is 18.7 Å². The Labute approximate surface area is 156 Å². The summed E-state index contributed by atoms with van der Waals surface area (Å²) in [5, 5.41) is 0.164. The molecule has 1 atom stereocenters. The second-order valence-corrected chi connectivity index (χ2v) is 7.43. The van der Waals surface area contributed by atoms with Gasteiger partial charge in [-0.1, -0.05) is 57.2 Å². The van der Waals surface area contributed by atoms with E-state index in [1.165, 1.54) is 50.3 Å². The molecule has 1 unspecified atom stereocenters. The zero-order valence-electron chi connectivity index (χ0n) is 15.4. The summed E-state index contributed by atoms with van der Waals surface area (Å²) >= 11 is 1.29. The predicted molar refractivity (Wildman–Crippen MR) is 102 cm³/mol. The molecule has 0 spiro atoms.